The minimum absolute atomic E-state index is 0.279. The van der Waals surface area contributed by atoms with Crippen molar-refractivity contribution < 1.29 is 9.18 Å². The van der Waals surface area contributed by atoms with E-state index in [0.29, 0.717) is 17.8 Å². The van der Waals surface area contributed by atoms with Gasteiger partial charge >= 0.3 is 0 Å². The van der Waals surface area contributed by atoms with E-state index in [1.54, 1.807) is 12.1 Å². The highest BCUT2D eigenvalue weighted by molar-refractivity contribution is 7.99. The van der Waals surface area contributed by atoms with Crippen molar-refractivity contribution in [2.75, 3.05) is 34.8 Å². The molecule has 16 heavy (non-hydrogen) atoms. The van der Waals surface area contributed by atoms with Gasteiger partial charge in [-0.3, -0.25) is 4.79 Å². The zero-order chi connectivity index (χ0) is 11.4. The molecule has 0 spiro atoms. The van der Waals surface area contributed by atoms with Crippen LogP contribution in [-0.2, 0) is 4.79 Å². The lowest BCUT2D eigenvalue weighted by atomic mass is 10.2. The van der Waals surface area contributed by atoms with Crippen molar-refractivity contribution in [1.82, 2.24) is 0 Å². The fraction of sp³-hybridized carbons (Fsp3) is 0.364. The van der Waals surface area contributed by atoms with E-state index in [-0.39, 0.29) is 5.82 Å². The summed E-state index contributed by atoms with van der Waals surface area (Å²) >= 11 is 1.89. The normalized spacial score (nSPS) is 15.9. The molecule has 5 heteroatoms. The van der Waals surface area contributed by atoms with Gasteiger partial charge in [-0.05, 0) is 18.2 Å². The second-order valence-electron chi connectivity index (χ2n) is 3.53. The van der Waals surface area contributed by atoms with Crippen molar-refractivity contribution in [3.63, 3.8) is 0 Å². The number of amides is 1. The summed E-state index contributed by atoms with van der Waals surface area (Å²) in [6.07, 6.45) is 0.548. The third-order valence-corrected chi connectivity index (χ3v) is 3.47. The summed E-state index contributed by atoms with van der Waals surface area (Å²) < 4.78 is 13.8. The maximum atomic E-state index is 13.8. The first-order chi connectivity index (χ1) is 7.81. The molecule has 0 radical (unpaired) electrons. The highest BCUT2D eigenvalue weighted by Gasteiger charge is 2.14. The van der Waals surface area contributed by atoms with Crippen LogP contribution in [0.25, 0.3) is 0 Å². The van der Waals surface area contributed by atoms with E-state index in [4.69, 9.17) is 0 Å². The molecule has 0 saturated carbocycles. The highest BCUT2D eigenvalue weighted by Crippen LogP contribution is 2.25. The number of halogens is 1. The van der Waals surface area contributed by atoms with Gasteiger partial charge in [0.2, 0.25) is 6.41 Å². The summed E-state index contributed by atoms with van der Waals surface area (Å²) in [5, 5.41) is 2.44. The average Bonchev–Trinajstić information content (AvgIpc) is 2.31. The molecule has 0 aromatic heterocycles. The van der Waals surface area contributed by atoms with Gasteiger partial charge in [0.25, 0.3) is 0 Å². The van der Waals surface area contributed by atoms with E-state index in [9.17, 15) is 9.18 Å². The van der Waals surface area contributed by atoms with Crippen LogP contribution in [0.4, 0.5) is 15.8 Å². The molecule has 1 aromatic carbocycles. The standard InChI is InChI=1S/C11H13FN2OS/c12-10-7-9(13-8-15)1-2-11(10)14-3-5-16-6-4-14/h1-2,7-8H,3-6H2,(H,13,15). The molecule has 0 atom stereocenters. The number of benzene rings is 1. The van der Waals surface area contributed by atoms with Crippen molar-refractivity contribution in [1.29, 1.82) is 0 Å². The van der Waals surface area contributed by atoms with Crippen molar-refractivity contribution in [3.05, 3.63) is 24.0 Å². The van der Waals surface area contributed by atoms with Gasteiger partial charge < -0.3 is 10.2 Å². The van der Waals surface area contributed by atoms with Gasteiger partial charge in [-0.1, -0.05) is 0 Å². The first-order valence-corrected chi connectivity index (χ1v) is 6.29. The van der Waals surface area contributed by atoms with E-state index in [2.05, 4.69) is 5.32 Å². The maximum Gasteiger partial charge on any atom is 0.211 e. The highest BCUT2D eigenvalue weighted by atomic mass is 32.2. The van der Waals surface area contributed by atoms with E-state index in [0.717, 1.165) is 24.6 Å². The van der Waals surface area contributed by atoms with Crippen LogP contribution >= 0.6 is 11.8 Å². The average molecular weight is 240 g/mol. The van der Waals surface area contributed by atoms with Gasteiger partial charge in [0.1, 0.15) is 5.82 Å². The molecule has 1 N–H and O–H groups in total. The Balaban J connectivity index is 2.17. The Kier molecular flexibility index (Phi) is 3.66. The maximum absolute atomic E-state index is 13.8. The molecular weight excluding hydrogens is 227 g/mol. The Morgan fingerprint density at radius 1 is 1.38 bits per heavy atom. The van der Waals surface area contributed by atoms with Crippen LogP contribution < -0.4 is 10.2 Å². The van der Waals surface area contributed by atoms with Crippen molar-refractivity contribution in [2.24, 2.45) is 0 Å². The number of rotatable bonds is 3. The lowest BCUT2D eigenvalue weighted by Gasteiger charge is -2.28. The third-order valence-electron chi connectivity index (χ3n) is 2.53. The monoisotopic (exact) mass is 240 g/mol. The molecule has 0 unspecified atom stereocenters. The Bertz CT molecular complexity index is 380. The predicted octanol–water partition coefficient (Wildman–Crippen LogP) is 1.95. The first-order valence-electron chi connectivity index (χ1n) is 5.13. The summed E-state index contributed by atoms with van der Waals surface area (Å²) in [7, 11) is 0. The molecule has 1 aliphatic heterocycles. The summed E-state index contributed by atoms with van der Waals surface area (Å²) in [5.74, 6) is 1.79. The van der Waals surface area contributed by atoms with Gasteiger partial charge in [0, 0.05) is 30.3 Å². The number of hydrogen-bond acceptors (Lipinski definition) is 3. The van der Waals surface area contributed by atoms with Gasteiger partial charge in [0.15, 0.2) is 0 Å². The van der Waals surface area contributed by atoms with Crippen LogP contribution in [0, 0.1) is 5.82 Å². The molecule has 1 aromatic rings. The molecule has 3 nitrogen and oxygen atoms in total. The molecule has 1 saturated heterocycles. The molecule has 86 valence electrons. The van der Waals surface area contributed by atoms with E-state index in [1.165, 1.54) is 6.07 Å². The molecule has 1 fully saturated rings. The van der Waals surface area contributed by atoms with Crippen LogP contribution in [0.1, 0.15) is 0 Å². The zero-order valence-electron chi connectivity index (χ0n) is 8.78. The SMILES string of the molecule is O=CNc1ccc(N2CCSCC2)c(F)c1. The van der Waals surface area contributed by atoms with Crippen LogP contribution in [0.5, 0.6) is 0 Å². The fourth-order valence-electron chi connectivity index (χ4n) is 1.73. The molecule has 1 amide bonds. The van der Waals surface area contributed by atoms with Crippen LogP contribution in [-0.4, -0.2) is 31.0 Å². The molecule has 2 rings (SSSR count). The van der Waals surface area contributed by atoms with E-state index < -0.39 is 0 Å². The number of carbonyl (C=O) groups excluding carboxylic acids is 1. The van der Waals surface area contributed by atoms with Crippen molar-refractivity contribution in [2.45, 2.75) is 0 Å². The van der Waals surface area contributed by atoms with Crippen LogP contribution in [0.2, 0.25) is 0 Å². The summed E-state index contributed by atoms with van der Waals surface area (Å²) in [6.45, 7) is 1.75. The third kappa shape index (κ3) is 2.47. The molecule has 1 heterocycles. The van der Waals surface area contributed by atoms with Crippen molar-refractivity contribution in [3.8, 4) is 0 Å². The smallest absolute Gasteiger partial charge is 0.211 e. The number of carbonyl (C=O) groups is 1. The number of hydrogen-bond donors (Lipinski definition) is 1. The quantitative estimate of drug-likeness (QED) is 0.820. The number of nitrogens with one attached hydrogen (secondary N) is 1. The molecule has 0 aliphatic carbocycles. The first kappa shape index (κ1) is 11.3. The second kappa shape index (κ2) is 5.21. The van der Waals surface area contributed by atoms with E-state index >= 15 is 0 Å². The number of anilines is 2. The lowest BCUT2D eigenvalue weighted by Crippen LogP contribution is -2.33. The van der Waals surface area contributed by atoms with Crippen LogP contribution in [0.3, 0.4) is 0 Å². The Hall–Kier alpha value is -1.23. The molecule has 0 bridgehead atoms. The van der Waals surface area contributed by atoms with Gasteiger partial charge in [-0.2, -0.15) is 11.8 Å². The summed E-state index contributed by atoms with van der Waals surface area (Å²) in [4.78, 5) is 12.3. The molecule has 1 aliphatic rings. The zero-order valence-corrected chi connectivity index (χ0v) is 9.60. The van der Waals surface area contributed by atoms with Crippen LogP contribution in [0.15, 0.2) is 18.2 Å². The molecular formula is C11H13FN2OS. The van der Waals surface area contributed by atoms with Gasteiger partial charge in [0.05, 0.1) is 5.69 Å². The number of thioether (sulfide) groups is 1. The topological polar surface area (TPSA) is 32.3 Å². The van der Waals surface area contributed by atoms with E-state index in [1.807, 2.05) is 16.7 Å². The second-order valence-corrected chi connectivity index (χ2v) is 4.75. The van der Waals surface area contributed by atoms with Gasteiger partial charge in [-0.25, -0.2) is 4.39 Å². The Morgan fingerprint density at radius 3 is 2.75 bits per heavy atom. The lowest BCUT2D eigenvalue weighted by molar-refractivity contribution is -0.105. The predicted molar refractivity (Wildman–Crippen MR) is 65.6 cm³/mol. The van der Waals surface area contributed by atoms with Gasteiger partial charge in [-0.15, -0.1) is 0 Å². The Labute approximate surface area is 98.0 Å². The fourth-order valence-corrected chi connectivity index (χ4v) is 2.63. The summed E-state index contributed by atoms with van der Waals surface area (Å²) in [6, 6.07) is 4.79. The largest absolute Gasteiger partial charge is 0.368 e. The minimum Gasteiger partial charge on any atom is -0.368 e. The van der Waals surface area contributed by atoms with Crippen molar-refractivity contribution >= 4 is 29.5 Å². The summed E-state index contributed by atoms with van der Waals surface area (Å²) in [5.41, 5.74) is 1.11. The minimum atomic E-state index is -0.279. The number of nitrogens with zero attached hydrogens (tertiary/aromatic N) is 1. The Morgan fingerprint density at radius 2 is 2.12 bits per heavy atom.